The Balaban J connectivity index is 2.48. The molecule has 0 fully saturated rings. The van der Waals surface area contributed by atoms with Gasteiger partial charge in [-0.05, 0) is 37.1 Å². The number of hydrogen-bond donors (Lipinski definition) is 1. The Labute approximate surface area is 216 Å². The van der Waals surface area contributed by atoms with Crippen LogP contribution in [0, 0.1) is 5.82 Å². The van der Waals surface area contributed by atoms with Gasteiger partial charge in [0.25, 0.3) is 0 Å². The SMILES string of the molecule is CCCCNC(=O)[C@H](CC)N(Cc1c(Cl)cccc1Cl)C(=O)CN(c1ccccc1F)S(C)(=O)=O. The molecule has 35 heavy (non-hydrogen) atoms. The van der Waals surface area contributed by atoms with E-state index in [1.54, 1.807) is 25.1 Å². The molecule has 192 valence electrons. The molecule has 2 aromatic rings. The minimum Gasteiger partial charge on any atom is -0.354 e. The second kappa shape index (κ2) is 13.1. The van der Waals surface area contributed by atoms with Crippen molar-refractivity contribution in [3.8, 4) is 0 Å². The highest BCUT2D eigenvalue weighted by Gasteiger charge is 2.33. The average Bonchev–Trinajstić information content (AvgIpc) is 2.79. The van der Waals surface area contributed by atoms with Crippen molar-refractivity contribution in [1.29, 1.82) is 0 Å². The average molecular weight is 546 g/mol. The van der Waals surface area contributed by atoms with Crippen molar-refractivity contribution in [3.05, 3.63) is 63.9 Å². The number of para-hydroxylation sites is 1. The van der Waals surface area contributed by atoms with E-state index < -0.39 is 34.3 Å². The molecule has 0 spiro atoms. The van der Waals surface area contributed by atoms with Gasteiger partial charge in [0.05, 0.1) is 11.9 Å². The van der Waals surface area contributed by atoms with Crippen molar-refractivity contribution in [2.75, 3.05) is 23.7 Å². The first-order valence-corrected chi connectivity index (χ1v) is 13.8. The van der Waals surface area contributed by atoms with Crippen LogP contribution < -0.4 is 9.62 Å². The number of nitrogens with zero attached hydrogens (tertiary/aromatic N) is 2. The number of unbranched alkanes of at least 4 members (excludes halogenated alkanes) is 1. The molecule has 0 radical (unpaired) electrons. The van der Waals surface area contributed by atoms with Gasteiger partial charge in [0.15, 0.2) is 0 Å². The van der Waals surface area contributed by atoms with Gasteiger partial charge in [0.2, 0.25) is 21.8 Å². The lowest BCUT2D eigenvalue weighted by atomic mass is 10.1. The molecule has 0 aliphatic rings. The van der Waals surface area contributed by atoms with Crippen LogP contribution in [0.15, 0.2) is 42.5 Å². The number of carbonyl (C=O) groups is 2. The molecule has 0 bridgehead atoms. The second-order valence-electron chi connectivity index (χ2n) is 8.01. The zero-order valence-corrected chi connectivity index (χ0v) is 22.3. The van der Waals surface area contributed by atoms with Crippen molar-refractivity contribution in [3.63, 3.8) is 0 Å². The zero-order chi connectivity index (χ0) is 26.2. The predicted octanol–water partition coefficient (Wildman–Crippen LogP) is 4.62. The Kier molecular flexibility index (Phi) is 10.8. The van der Waals surface area contributed by atoms with Gasteiger partial charge in [-0.2, -0.15) is 0 Å². The maximum absolute atomic E-state index is 14.5. The van der Waals surface area contributed by atoms with E-state index >= 15 is 0 Å². The third kappa shape index (κ3) is 7.81. The number of anilines is 1. The van der Waals surface area contributed by atoms with Crippen LogP contribution in [0.3, 0.4) is 0 Å². The summed E-state index contributed by atoms with van der Waals surface area (Å²) in [5, 5.41) is 3.41. The van der Waals surface area contributed by atoms with Crippen LogP contribution in [-0.2, 0) is 26.2 Å². The molecule has 0 unspecified atom stereocenters. The zero-order valence-electron chi connectivity index (χ0n) is 19.9. The van der Waals surface area contributed by atoms with E-state index in [0.717, 1.165) is 25.2 Å². The van der Waals surface area contributed by atoms with E-state index in [-0.39, 0.29) is 24.6 Å². The summed E-state index contributed by atoms with van der Waals surface area (Å²) in [7, 11) is -4.04. The van der Waals surface area contributed by atoms with Gasteiger partial charge in [0, 0.05) is 28.7 Å². The number of nitrogens with one attached hydrogen (secondary N) is 1. The molecule has 1 atom stereocenters. The number of hydrogen-bond acceptors (Lipinski definition) is 4. The van der Waals surface area contributed by atoms with Crippen LogP contribution in [0.2, 0.25) is 10.0 Å². The molecule has 11 heteroatoms. The Morgan fingerprint density at radius 2 is 1.69 bits per heavy atom. The highest BCUT2D eigenvalue weighted by molar-refractivity contribution is 7.92. The summed E-state index contributed by atoms with van der Waals surface area (Å²) >= 11 is 12.6. The molecule has 0 saturated carbocycles. The summed E-state index contributed by atoms with van der Waals surface area (Å²) in [5.41, 5.74) is 0.153. The first kappa shape index (κ1) is 28.9. The number of amides is 2. The number of rotatable bonds is 12. The molecule has 1 N–H and O–H groups in total. The molecule has 7 nitrogen and oxygen atoms in total. The molecule has 0 heterocycles. The van der Waals surface area contributed by atoms with Crippen LogP contribution in [0.25, 0.3) is 0 Å². The van der Waals surface area contributed by atoms with E-state index in [9.17, 15) is 22.4 Å². The lowest BCUT2D eigenvalue weighted by molar-refractivity contribution is -0.140. The summed E-state index contributed by atoms with van der Waals surface area (Å²) < 4.78 is 40.2. The summed E-state index contributed by atoms with van der Waals surface area (Å²) in [6.07, 6.45) is 2.78. The number of sulfonamides is 1. The van der Waals surface area contributed by atoms with Crippen LogP contribution in [-0.4, -0.2) is 50.5 Å². The summed E-state index contributed by atoms with van der Waals surface area (Å²) in [4.78, 5) is 27.8. The molecule has 2 rings (SSSR count). The first-order valence-electron chi connectivity index (χ1n) is 11.2. The van der Waals surface area contributed by atoms with Gasteiger partial charge in [-0.1, -0.05) is 61.7 Å². The second-order valence-corrected chi connectivity index (χ2v) is 10.7. The standard InChI is InChI=1S/C24H30Cl2FN3O4S/c1-4-6-14-28-24(32)21(5-2)29(15-17-18(25)10-9-11-19(17)26)23(31)16-30(35(3,33)34)22-13-8-7-12-20(22)27/h7-13,21H,4-6,14-16H2,1-3H3,(H,28,32)/t21-/m0/s1. The molecule has 0 aliphatic heterocycles. The number of benzene rings is 2. The topological polar surface area (TPSA) is 86.8 Å². The predicted molar refractivity (Wildman–Crippen MR) is 138 cm³/mol. The fraction of sp³-hybridized carbons (Fsp3) is 0.417. The molecule has 0 aromatic heterocycles. The molecule has 2 amide bonds. The molecular weight excluding hydrogens is 516 g/mol. The maximum Gasteiger partial charge on any atom is 0.244 e. The number of halogens is 3. The summed E-state index contributed by atoms with van der Waals surface area (Å²) in [6, 6.07) is 9.21. The molecular formula is C24H30Cl2FN3O4S. The van der Waals surface area contributed by atoms with Crippen molar-refractivity contribution >= 4 is 50.7 Å². The van der Waals surface area contributed by atoms with E-state index in [1.165, 1.54) is 23.1 Å². The van der Waals surface area contributed by atoms with Crippen LogP contribution >= 0.6 is 23.2 Å². The highest BCUT2D eigenvalue weighted by atomic mass is 35.5. The fourth-order valence-electron chi connectivity index (χ4n) is 3.53. The van der Waals surface area contributed by atoms with E-state index in [4.69, 9.17) is 23.2 Å². The minimum absolute atomic E-state index is 0.133. The maximum atomic E-state index is 14.5. The lowest BCUT2D eigenvalue weighted by Gasteiger charge is -2.33. The minimum atomic E-state index is -4.04. The number of carbonyl (C=O) groups excluding carboxylic acids is 2. The summed E-state index contributed by atoms with van der Waals surface area (Å²) in [6.45, 7) is 3.32. The Bertz CT molecular complexity index is 1130. The van der Waals surface area contributed by atoms with E-state index in [0.29, 0.717) is 26.5 Å². The third-order valence-corrected chi connectivity index (χ3v) is 7.24. The van der Waals surface area contributed by atoms with Crippen LogP contribution in [0.1, 0.15) is 38.7 Å². The molecule has 2 aromatic carbocycles. The van der Waals surface area contributed by atoms with Crippen LogP contribution in [0.4, 0.5) is 10.1 Å². The molecule has 0 saturated heterocycles. The van der Waals surface area contributed by atoms with Crippen LogP contribution in [0.5, 0.6) is 0 Å². The lowest BCUT2D eigenvalue weighted by Crippen LogP contribution is -2.52. The monoisotopic (exact) mass is 545 g/mol. The van der Waals surface area contributed by atoms with E-state index in [2.05, 4.69) is 5.32 Å². The Morgan fingerprint density at radius 3 is 2.23 bits per heavy atom. The van der Waals surface area contributed by atoms with E-state index in [1.807, 2.05) is 6.92 Å². The highest BCUT2D eigenvalue weighted by Crippen LogP contribution is 2.28. The van der Waals surface area contributed by atoms with Crippen molar-refractivity contribution in [1.82, 2.24) is 10.2 Å². The van der Waals surface area contributed by atoms with Gasteiger partial charge in [-0.15, -0.1) is 0 Å². The third-order valence-electron chi connectivity index (χ3n) is 5.41. The Hall–Kier alpha value is -2.36. The van der Waals surface area contributed by atoms with Crippen molar-refractivity contribution < 1.29 is 22.4 Å². The smallest absolute Gasteiger partial charge is 0.244 e. The van der Waals surface area contributed by atoms with Gasteiger partial charge < -0.3 is 10.2 Å². The summed E-state index contributed by atoms with van der Waals surface area (Å²) in [5.74, 6) is -1.88. The largest absolute Gasteiger partial charge is 0.354 e. The Morgan fingerprint density at radius 1 is 1.06 bits per heavy atom. The van der Waals surface area contributed by atoms with Gasteiger partial charge in [-0.3, -0.25) is 13.9 Å². The van der Waals surface area contributed by atoms with Gasteiger partial charge in [0.1, 0.15) is 18.4 Å². The fourth-order valence-corrected chi connectivity index (χ4v) is 4.90. The first-order chi connectivity index (χ1) is 16.5. The molecule has 0 aliphatic carbocycles. The van der Waals surface area contributed by atoms with Gasteiger partial charge >= 0.3 is 0 Å². The normalized spacial score (nSPS) is 12.2. The van der Waals surface area contributed by atoms with Crippen molar-refractivity contribution in [2.24, 2.45) is 0 Å². The quantitative estimate of drug-likeness (QED) is 0.394. The van der Waals surface area contributed by atoms with Crippen molar-refractivity contribution in [2.45, 2.75) is 45.7 Å². The van der Waals surface area contributed by atoms with Gasteiger partial charge in [-0.25, -0.2) is 12.8 Å².